The molecule has 0 saturated heterocycles. The zero-order valence-corrected chi connectivity index (χ0v) is 13.4. The Labute approximate surface area is 124 Å². The van der Waals surface area contributed by atoms with E-state index in [4.69, 9.17) is 16.9 Å². The van der Waals surface area contributed by atoms with Gasteiger partial charge in [0.25, 0.3) is 0 Å². The molecule has 0 heterocycles. The number of nitriles is 1. The maximum atomic E-state index is 12.4. The molecule has 0 radical (unpaired) electrons. The molecule has 0 atom stereocenters. The van der Waals surface area contributed by atoms with Crippen LogP contribution in [0.5, 0.6) is 0 Å². The van der Waals surface area contributed by atoms with Gasteiger partial charge in [-0.05, 0) is 29.0 Å². The molecular weight excluding hydrogens is 296 g/mol. The van der Waals surface area contributed by atoms with Gasteiger partial charge in [-0.3, -0.25) is 0 Å². The van der Waals surface area contributed by atoms with E-state index in [9.17, 15) is 8.42 Å². The molecule has 0 aliphatic heterocycles. The molecule has 1 aromatic rings. The molecule has 0 unspecified atom stereocenters. The first-order valence-electron chi connectivity index (χ1n) is 6.26. The largest absolute Gasteiger partial charge is 0.240 e. The first-order valence-corrected chi connectivity index (χ1v) is 8.12. The van der Waals surface area contributed by atoms with E-state index in [1.54, 1.807) is 0 Å². The Bertz CT molecular complexity index is 688. The lowest BCUT2D eigenvalue weighted by Gasteiger charge is -2.09. The zero-order chi connectivity index (χ0) is 15.3. The predicted octanol–water partition coefficient (Wildman–Crippen LogP) is 2.92. The van der Waals surface area contributed by atoms with Gasteiger partial charge in [-0.15, -0.1) is 0 Å². The quantitative estimate of drug-likeness (QED) is 0.933. The Morgan fingerprint density at radius 3 is 2.20 bits per heavy atom. The molecule has 1 aliphatic carbocycles. The molecule has 1 saturated carbocycles. The molecule has 0 bridgehead atoms. The molecule has 20 heavy (non-hydrogen) atoms. The summed E-state index contributed by atoms with van der Waals surface area (Å²) in [5.74, 6) is 0. The van der Waals surface area contributed by atoms with Gasteiger partial charge in [-0.25, -0.2) is 13.1 Å². The van der Waals surface area contributed by atoms with E-state index in [1.165, 1.54) is 18.2 Å². The summed E-state index contributed by atoms with van der Waals surface area (Å²) in [7, 11) is -3.63. The van der Waals surface area contributed by atoms with Crippen molar-refractivity contribution in [2.24, 2.45) is 10.8 Å². The smallest absolute Gasteiger partial charge is 0.207 e. The number of rotatable bonds is 3. The molecule has 108 valence electrons. The average Bonchev–Trinajstić information content (AvgIpc) is 2.71. The van der Waals surface area contributed by atoms with Crippen molar-refractivity contribution in [2.45, 2.75) is 38.6 Å². The van der Waals surface area contributed by atoms with Crippen molar-refractivity contribution in [3.63, 3.8) is 0 Å². The topological polar surface area (TPSA) is 70.0 Å². The lowest BCUT2D eigenvalue weighted by Crippen LogP contribution is -2.29. The van der Waals surface area contributed by atoms with E-state index in [2.05, 4.69) is 4.72 Å². The monoisotopic (exact) mass is 312 g/mol. The minimum Gasteiger partial charge on any atom is -0.207 e. The van der Waals surface area contributed by atoms with Crippen molar-refractivity contribution in [3.8, 4) is 6.07 Å². The fraction of sp³-hybridized carbons (Fsp3) is 0.500. The van der Waals surface area contributed by atoms with Gasteiger partial charge in [-0.2, -0.15) is 5.26 Å². The molecule has 1 aromatic carbocycles. The van der Waals surface area contributed by atoms with Crippen molar-refractivity contribution < 1.29 is 8.42 Å². The van der Waals surface area contributed by atoms with Crippen molar-refractivity contribution in [1.82, 2.24) is 4.72 Å². The van der Waals surface area contributed by atoms with Gasteiger partial charge in [0, 0.05) is 6.04 Å². The highest BCUT2D eigenvalue weighted by Crippen LogP contribution is 2.62. The zero-order valence-electron chi connectivity index (χ0n) is 11.9. The molecular formula is C14H17ClN2O2S. The van der Waals surface area contributed by atoms with E-state index in [1.807, 2.05) is 33.8 Å². The van der Waals surface area contributed by atoms with Crippen LogP contribution in [0.15, 0.2) is 23.1 Å². The standard InChI is InChI=1S/C14H17ClN2O2S/c1-13(2)12(14(13,3)4)17-20(18,19)10-6-5-9(8-16)11(15)7-10/h5-7,12,17H,1-4H3. The van der Waals surface area contributed by atoms with Gasteiger partial charge in [0.15, 0.2) is 0 Å². The summed E-state index contributed by atoms with van der Waals surface area (Å²) in [6.45, 7) is 8.13. The van der Waals surface area contributed by atoms with Crippen LogP contribution in [0.3, 0.4) is 0 Å². The first-order chi connectivity index (χ1) is 9.04. The van der Waals surface area contributed by atoms with Crippen LogP contribution >= 0.6 is 11.6 Å². The van der Waals surface area contributed by atoms with Gasteiger partial charge in [0.05, 0.1) is 15.5 Å². The van der Waals surface area contributed by atoms with Crippen LogP contribution in [-0.4, -0.2) is 14.5 Å². The summed E-state index contributed by atoms with van der Waals surface area (Å²) in [6.07, 6.45) is 0. The van der Waals surface area contributed by atoms with E-state index in [0.29, 0.717) is 0 Å². The van der Waals surface area contributed by atoms with Crippen LogP contribution in [0.2, 0.25) is 5.02 Å². The van der Waals surface area contributed by atoms with Crippen molar-refractivity contribution >= 4 is 21.6 Å². The molecule has 4 nitrogen and oxygen atoms in total. The highest BCUT2D eigenvalue weighted by Gasteiger charge is 2.66. The Morgan fingerprint density at radius 1 is 1.25 bits per heavy atom. The van der Waals surface area contributed by atoms with Gasteiger partial charge in [0.1, 0.15) is 6.07 Å². The highest BCUT2D eigenvalue weighted by molar-refractivity contribution is 7.89. The highest BCUT2D eigenvalue weighted by atomic mass is 35.5. The second kappa shape index (κ2) is 4.45. The van der Waals surface area contributed by atoms with Gasteiger partial charge in [-0.1, -0.05) is 39.3 Å². The Hall–Kier alpha value is -1.09. The van der Waals surface area contributed by atoms with Crippen LogP contribution in [0.4, 0.5) is 0 Å². The third-order valence-corrected chi connectivity index (χ3v) is 6.40. The van der Waals surface area contributed by atoms with Gasteiger partial charge < -0.3 is 0 Å². The summed E-state index contributed by atoms with van der Waals surface area (Å²) in [6, 6.07) is 5.91. The minimum absolute atomic E-state index is 0.0833. The van der Waals surface area contributed by atoms with E-state index in [0.717, 1.165) is 0 Å². The molecule has 1 aliphatic rings. The summed E-state index contributed by atoms with van der Waals surface area (Å²) in [5, 5.41) is 8.95. The van der Waals surface area contributed by atoms with Crippen LogP contribution in [0.1, 0.15) is 33.3 Å². The summed E-state index contributed by atoms with van der Waals surface area (Å²) in [5.41, 5.74) is 0.0881. The summed E-state index contributed by atoms with van der Waals surface area (Å²) in [4.78, 5) is 0.0833. The molecule has 1 N–H and O–H groups in total. The van der Waals surface area contributed by atoms with Crippen LogP contribution < -0.4 is 4.72 Å². The number of hydrogen-bond acceptors (Lipinski definition) is 3. The van der Waals surface area contributed by atoms with Crippen LogP contribution in [0.25, 0.3) is 0 Å². The Morgan fingerprint density at radius 2 is 1.80 bits per heavy atom. The van der Waals surface area contributed by atoms with Crippen LogP contribution in [0, 0.1) is 22.2 Å². The Kier molecular flexibility index (Phi) is 3.41. The molecule has 0 amide bonds. The third-order valence-electron chi connectivity index (χ3n) is 4.67. The molecule has 2 rings (SSSR count). The second-order valence-corrected chi connectivity index (χ2v) is 8.37. The molecule has 0 aromatic heterocycles. The molecule has 6 heteroatoms. The van der Waals surface area contributed by atoms with Crippen molar-refractivity contribution in [1.29, 1.82) is 5.26 Å². The molecule has 1 fully saturated rings. The predicted molar refractivity (Wildman–Crippen MR) is 77.8 cm³/mol. The maximum absolute atomic E-state index is 12.4. The van der Waals surface area contributed by atoms with Gasteiger partial charge >= 0.3 is 0 Å². The lowest BCUT2D eigenvalue weighted by molar-refractivity contribution is 0.457. The normalized spacial score (nSPS) is 20.4. The number of nitrogens with zero attached hydrogens (tertiary/aromatic N) is 1. The minimum atomic E-state index is -3.63. The number of sulfonamides is 1. The lowest BCUT2D eigenvalue weighted by atomic mass is 10.0. The van der Waals surface area contributed by atoms with Crippen molar-refractivity contribution in [3.05, 3.63) is 28.8 Å². The van der Waals surface area contributed by atoms with Crippen molar-refractivity contribution in [2.75, 3.05) is 0 Å². The average molecular weight is 313 g/mol. The number of halogens is 1. The van der Waals surface area contributed by atoms with E-state index < -0.39 is 10.0 Å². The van der Waals surface area contributed by atoms with E-state index in [-0.39, 0.29) is 32.4 Å². The van der Waals surface area contributed by atoms with Gasteiger partial charge in [0.2, 0.25) is 10.0 Å². The van der Waals surface area contributed by atoms with E-state index >= 15 is 0 Å². The number of nitrogens with one attached hydrogen (secondary N) is 1. The molecule has 0 spiro atoms. The SMILES string of the molecule is CC1(C)C(NS(=O)(=O)c2ccc(C#N)c(Cl)c2)C1(C)C. The second-order valence-electron chi connectivity index (χ2n) is 6.25. The Balaban J connectivity index is 2.30. The number of hydrogen-bond donors (Lipinski definition) is 1. The van der Waals surface area contributed by atoms with Crippen LogP contribution in [-0.2, 0) is 10.0 Å². The number of benzene rings is 1. The summed E-state index contributed by atoms with van der Waals surface area (Å²) < 4.78 is 27.4. The summed E-state index contributed by atoms with van der Waals surface area (Å²) >= 11 is 5.89. The fourth-order valence-electron chi connectivity index (χ4n) is 2.47. The first kappa shape index (κ1) is 15.3. The fourth-order valence-corrected chi connectivity index (χ4v) is 4.31. The third kappa shape index (κ3) is 2.22. The maximum Gasteiger partial charge on any atom is 0.240 e.